The SMILES string of the molecule is CC(C#N)S(=O)(=O)Nc1cccc(C#CCO)c1. The van der Waals surface area contributed by atoms with Crippen molar-refractivity contribution in [3.63, 3.8) is 0 Å². The molecule has 0 aliphatic carbocycles. The first kappa shape index (κ1) is 14.0. The van der Waals surface area contributed by atoms with Gasteiger partial charge in [-0.3, -0.25) is 4.72 Å². The van der Waals surface area contributed by atoms with E-state index < -0.39 is 15.3 Å². The lowest BCUT2D eigenvalue weighted by Gasteiger charge is -2.09. The van der Waals surface area contributed by atoms with Crippen molar-refractivity contribution < 1.29 is 13.5 Å². The zero-order valence-electron chi connectivity index (χ0n) is 9.71. The summed E-state index contributed by atoms with van der Waals surface area (Å²) in [4.78, 5) is 0. The highest BCUT2D eigenvalue weighted by Crippen LogP contribution is 2.13. The van der Waals surface area contributed by atoms with Crippen LogP contribution in [0.25, 0.3) is 0 Å². The maximum atomic E-state index is 11.6. The highest BCUT2D eigenvalue weighted by Gasteiger charge is 2.19. The number of nitriles is 1. The van der Waals surface area contributed by atoms with Crippen LogP contribution in [0.3, 0.4) is 0 Å². The van der Waals surface area contributed by atoms with E-state index in [2.05, 4.69) is 16.6 Å². The third-order valence-corrected chi connectivity index (χ3v) is 3.64. The summed E-state index contributed by atoms with van der Waals surface area (Å²) < 4.78 is 25.6. The van der Waals surface area contributed by atoms with Gasteiger partial charge in [0.05, 0.1) is 6.07 Å². The fourth-order valence-corrected chi connectivity index (χ4v) is 1.90. The van der Waals surface area contributed by atoms with Gasteiger partial charge < -0.3 is 5.11 Å². The van der Waals surface area contributed by atoms with Crippen LogP contribution in [0.15, 0.2) is 24.3 Å². The third-order valence-electron chi connectivity index (χ3n) is 2.08. The maximum Gasteiger partial charge on any atom is 0.248 e. The van der Waals surface area contributed by atoms with E-state index in [0.717, 1.165) is 0 Å². The molecule has 0 amide bonds. The average molecular weight is 264 g/mol. The minimum Gasteiger partial charge on any atom is -0.384 e. The van der Waals surface area contributed by atoms with Crippen molar-refractivity contribution in [2.24, 2.45) is 0 Å². The van der Waals surface area contributed by atoms with Crippen LogP contribution in [-0.2, 0) is 10.0 Å². The number of rotatable bonds is 3. The molecule has 0 fully saturated rings. The minimum atomic E-state index is -3.71. The van der Waals surface area contributed by atoms with E-state index in [1.165, 1.54) is 13.0 Å². The van der Waals surface area contributed by atoms with E-state index >= 15 is 0 Å². The zero-order valence-corrected chi connectivity index (χ0v) is 10.5. The zero-order chi connectivity index (χ0) is 13.6. The van der Waals surface area contributed by atoms with Crippen LogP contribution in [0.5, 0.6) is 0 Å². The van der Waals surface area contributed by atoms with Crippen LogP contribution in [0.2, 0.25) is 0 Å². The molecule has 1 unspecified atom stereocenters. The summed E-state index contributed by atoms with van der Waals surface area (Å²) in [5.74, 6) is 5.13. The molecule has 1 aromatic carbocycles. The number of nitrogens with zero attached hydrogens (tertiary/aromatic N) is 1. The first-order chi connectivity index (χ1) is 8.49. The molecular weight excluding hydrogens is 252 g/mol. The maximum absolute atomic E-state index is 11.6. The fraction of sp³-hybridized carbons (Fsp3) is 0.250. The summed E-state index contributed by atoms with van der Waals surface area (Å²) in [6, 6.07) is 8.08. The summed E-state index contributed by atoms with van der Waals surface area (Å²) in [5.41, 5.74) is 0.913. The van der Waals surface area contributed by atoms with Crippen molar-refractivity contribution in [3.8, 4) is 17.9 Å². The Bertz CT molecular complexity index is 621. The fourth-order valence-electron chi connectivity index (χ4n) is 1.12. The molecule has 0 saturated carbocycles. The quantitative estimate of drug-likeness (QED) is 0.786. The van der Waals surface area contributed by atoms with Crippen molar-refractivity contribution in [3.05, 3.63) is 29.8 Å². The molecule has 0 bridgehead atoms. The van der Waals surface area contributed by atoms with Gasteiger partial charge in [0.1, 0.15) is 6.61 Å². The molecule has 0 heterocycles. The monoisotopic (exact) mass is 264 g/mol. The molecule has 0 spiro atoms. The van der Waals surface area contributed by atoms with Crippen molar-refractivity contribution in [2.75, 3.05) is 11.3 Å². The summed E-state index contributed by atoms with van der Waals surface area (Å²) in [6.45, 7) is 1.04. The molecule has 0 saturated heterocycles. The number of sulfonamides is 1. The van der Waals surface area contributed by atoms with E-state index in [9.17, 15) is 8.42 Å². The van der Waals surface area contributed by atoms with E-state index in [4.69, 9.17) is 10.4 Å². The Kier molecular flexibility index (Phi) is 4.73. The van der Waals surface area contributed by atoms with Crippen molar-refractivity contribution in [2.45, 2.75) is 12.2 Å². The molecule has 1 aromatic rings. The Balaban J connectivity index is 2.97. The average Bonchev–Trinajstić information content (AvgIpc) is 2.35. The molecule has 94 valence electrons. The molecule has 18 heavy (non-hydrogen) atoms. The molecule has 0 aromatic heterocycles. The van der Waals surface area contributed by atoms with Gasteiger partial charge in [-0.25, -0.2) is 8.42 Å². The second kappa shape index (κ2) is 6.06. The minimum absolute atomic E-state index is 0.262. The van der Waals surface area contributed by atoms with Gasteiger partial charge >= 0.3 is 0 Å². The van der Waals surface area contributed by atoms with Gasteiger partial charge in [-0.15, -0.1) is 0 Å². The number of anilines is 1. The van der Waals surface area contributed by atoms with Gasteiger partial charge in [-0.2, -0.15) is 5.26 Å². The predicted octanol–water partition coefficient (Wildman–Crippen LogP) is 0.684. The van der Waals surface area contributed by atoms with Gasteiger partial charge in [0.25, 0.3) is 0 Å². The molecule has 0 radical (unpaired) electrons. The lowest BCUT2D eigenvalue weighted by Crippen LogP contribution is -2.23. The standard InChI is InChI=1S/C12H12N2O3S/c1-10(9-13)18(16,17)14-12-6-2-4-11(8-12)5-3-7-15/h2,4,6,8,10,14-15H,7H2,1H3. The van der Waals surface area contributed by atoms with Gasteiger partial charge in [-0.05, 0) is 25.1 Å². The molecule has 1 atom stereocenters. The van der Waals surface area contributed by atoms with Gasteiger partial charge in [-0.1, -0.05) is 17.9 Å². The van der Waals surface area contributed by atoms with Crippen molar-refractivity contribution >= 4 is 15.7 Å². The number of benzene rings is 1. The van der Waals surface area contributed by atoms with Gasteiger partial charge in [0.2, 0.25) is 10.0 Å². The number of nitrogens with one attached hydrogen (secondary N) is 1. The highest BCUT2D eigenvalue weighted by atomic mass is 32.2. The topological polar surface area (TPSA) is 90.2 Å². The molecule has 2 N–H and O–H groups in total. The smallest absolute Gasteiger partial charge is 0.248 e. The number of aliphatic hydroxyl groups excluding tert-OH is 1. The molecule has 0 aliphatic rings. The van der Waals surface area contributed by atoms with Gasteiger partial charge in [0, 0.05) is 11.3 Å². The van der Waals surface area contributed by atoms with Crippen LogP contribution in [0, 0.1) is 23.2 Å². The van der Waals surface area contributed by atoms with Crippen LogP contribution in [0.1, 0.15) is 12.5 Å². The third kappa shape index (κ3) is 3.77. The number of aliphatic hydroxyl groups is 1. The summed E-state index contributed by atoms with van der Waals surface area (Å²) in [5, 5.41) is 16.0. The Labute approximate surface area is 106 Å². The Hall–Kier alpha value is -2.02. The highest BCUT2D eigenvalue weighted by molar-refractivity contribution is 7.93. The van der Waals surface area contributed by atoms with Crippen molar-refractivity contribution in [1.82, 2.24) is 0 Å². The Morgan fingerprint density at radius 3 is 2.83 bits per heavy atom. The first-order valence-electron chi connectivity index (χ1n) is 5.10. The summed E-state index contributed by atoms with van der Waals surface area (Å²) >= 11 is 0. The van der Waals surface area contributed by atoms with Crippen LogP contribution >= 0.6 is 0 Å². The van der Waals surface area contributed by atoms with Crippen LogP contribution in [0.4, 0.5) is 5.69 Å². The van der Waals surface area contributed by atoms with E-state index in [0.29, 0.717) is 11.3 Å². The molecule has 0 aliphatic heterocycles. The largest absolute Gasteiger partial charge is 0.384 e. The number of hydrogen-bond donors (Lipinski definition) is 2. The summed E-state index contributed by atoms with van der Waals surface area (Å²) in [7, 11) is -3.71. The number of hydrogen-bond acceptors (Lipinski definition) is 4. The molecule has 5 nitrogen and oxygen atoms in total. The Morgan fingerprint density at radius 1 is 1.50 bits per heavy atom. The van der Waals surface area contributed by atoms with Crippen LogP contribution < -0.4 is 4.72 Å². The second-order valence-electron chi connectivity index (χ2n) is 3.46. The lowest BCUT2D eigenvalue weighted by molar-refractivity contribution is 0.350. The van der Waals surface area contributed by atoms with E-state index in [-0.39, 0.29) is 6.61 Å². The van der Waals surface area contributed by atoms with Crippen LogP contribution in [-0.4, -0.2) is 25.4 Å². The van der Waals surface area contributed by atoms with E-state index in [1.54, 1.807) is 24.3 Å². The van der Waals surface area contributed by atoms with E-state index in [1.807, 2.05) is 0 Å². The van der Waals surface area contributed by atoms with Gasteiger partial charge in [0.15, 0.2) is 5.25 Å². The van der Waals surface area contributed by atoms with Crippen molar-refractivity contribution in [1.29, 1.82) is 5.26 Å². The molecule has 6 heteroatoms. The normalized spacial score (nSPS) is 11.8. The lowest BCUT2D eigenvalue weighted by atomic mass is 10.2. The second-order valence-corrected chi connectivity index (χ2v) is 5.46. The summed E-state index contributed by atoms with van der Waals surface area (Å²) in [6.07, 6.45) is 0. The predicted molar refractivity (Wildman–Crippen MR) is 68.0 cm³/mol. The first-order valence-corrected chi connectivity index (χ1v) is 6.65. The molecular formula is C12H12N2O3S. The Morgan fingerprint density at radius 2 is 2.22 bits per heavy atom. The molecule has 1 rings (SSSR count).